The van der Waals surface area contributed by atoms with Gasteiger partial charge in [-0.05, 0) is 31.0 Å². The van der Waals surface area contributed by atoms with Crippen molar-refractivity contribution in [1.29, 1.82) is 0 Å². The van der Waals surface area contributed by atoms with Crippen LogP contribution in [0.1, 0.15) is 22.8 Å². The molecular formula is C16H27N5O3S. The fraction of sp³-hybridized carbons (Fsp3) is 0.500. The Kier molecular flexibility index (Phi) is 8.36. The number of hydrogen-bond donors (Lipinski definition) is 3. The molecule has 1 aromatic carbocycles. The smallest absolute Gasteiger partial charge is 0.253 e. The highest BCUT2D eigenvalue weighted by Crippen LogP contribution is 2.07. The Morgan fingerprint density at radius 1 is 1.28 bits per heavy atom. The minimum Gasteiger partial charge on any atom is -0.357 e. The predicted molar refractivity (Wildman–Crippen MR) is 100 cm³/mol. The van der Waals surface area contributed by atoms with Gasteiger partial charge < -0.3 is 15.5 Å². The molecule has 0 unspecified atom stereocenters. The maximum atomic E-state index is 12.0. The Bertz CT molecular complexity index is 701. The first-order valence-electron chi connectivity index (χ1n) is 8.06. The van der Waals surface area contributed by atoms with Crippen molar-refractivity contribution in [2.45, 2.75) is 13.3 Å². The van der Waals surface area contributed by atoms with Crippen molar-refractivity contribution < 1.29 is 13.2 Å². The molecule has 1 aromatic rings. The molecule has 0 aliphatic carbocycles. The zero-order valence-corrected chi connectivity index (χ0v) is 15.8. The number of guanidine groups is 1. The second kappa shape index (κ2) is 10.00. The van der Waals surface area contributed by atoms with Crippen LogP contribution < -0.4 is 15.8 Å². The first kappa shape index (κ1) is 20.9. The molecule has 9 heteroatoms. The van der Waals surface area contributed by atoms with E-state index in [1.54, 1.807) is 25.1 Å². The van der Waals surface area contributed by atoms with Crippen molar-refractivity contribution in [1.82, 2.24) is 15.5 Å². The van der Waals surface area contributed by atoms with Crippen LogP contribution in [0.25, 0.3) is 0 Å². The lowest BCUT2D eigenvalue weighted by atomic mass is 10.1. The normalized spacial score (nSPS) is 11.9. The van der Waals surface area contributed by atoms with Gasteiger partial charge in [0.2, 0.25) is 10.0 Å². The number of carbonyl (C=O) groups is 1. The molecule has 0 aliphatic rings. The van der Waals surface area contributed by atoms with Crippen LogP contribution in [-0.4, -0.2) is 64.7 Å². The number of sulfonamides is 1. The lowest BCUT2D eigenvalue weighted by Gasteiger charge is -2.13. The molecule has 0 radical (unpaired) electrons. The Hall–Kier alpha value is -2.13. The third kappa shape index (κ3) is 8.50. The van der Waals surface area contributed by atoms with E-state index in [1.165, 1.54) is 0 Å². The second-order valence-electron chi connectivity index (χ2n) is 5.70. The fourth-order valence-corrected chi connectivity index (χ4v) is 2.42. The van der Waals surface area contributed by atoms with Crippen LogP contribution in [0.4, 0.5) is 0 Å². The largest absolute Gasteiger partial charge is 0.357 e. The Labute approximate surface area is 149 Å². The van der Waals surface area contributed by atoms with E-state index in [1.807, 2.05) is 25.1 Å². The molecule has 0 spiro atoms. The van der Waals surface area contributed by atoms with Crippen LogP contribution in [0.2, 0.25) is 0 Å². The molecular weight excluding hydrogens is 342 g/mol. The number of nitrogens with zero attached hydrogens (tertiary/aromatic N) is 2. The van der Waals surface area contributed by atoms with Gasteiger partial charge in [-0.15, -0.1) is 0 Å². The van der Waals surface area contributed by atoms with E-state index in [2.05, 4.69) is 15.6 Å². The van der Waals surface area contributed by atoms with Crippen LogP contribution >= 0.6 is 0 Å². The summed E-state index contributed by atoms with van der Waals surface area (Å²) < 4.78 is 21.9. The zero-order chi connectivity index (χ0) is 18.9. The predicted octanol–water partition coefficient (Wildman–Crippen LogP) is -0.225. The highest BCUT2D eigenvalue weighted by atomic mass is 32.2. The van der Waals surface area contributed by atoms with E-state index in [-0.39, 0.29) is 18.2 Å². The van der Waals surface area contributed by atoms with E-state index in [0.717, 1.165) is 5.56 Å². The summed E-state index contributed by atoms with van der Waals surface area (Å²) in [5.74, 6) is 0.303. The highest BCUT2D eigenvalue weighted by molar-refractivity contribution is 7.89. The van der Waals surface area contributed by atoms with Crippen LogP contribution in [-0.2, 0) is 16.4 Å². The van der Waals surface area contributed by atoms with Gasteiger partial charge in [0.15, 0.2) is 5.96 Å². The molecule has 0 bridgehead atoms. The van der Waals surface area contributed by atoms with Gasteiger partial charge in [0.1, 0.15) is 0 Å². The lowest BCUT2D eigenvalue weighted by molar-refractivity contribution is 0.0827. The van der Waals surface area contributed by atoms with E-state index in [0.29, 0.717) is 31.0 Å². The van der Waals surface area contributed by atoms with Gasteiger partial charge in [0.05, 0.1) is 12.3 Å². The number of amides is 1. The Morgan fingerprint density at radius 2 is 2.00 bits per heavy atom. The van der Waals surface area contributed by atoms with E-state index < -0.39 is 10.0 Å². The Morgan fingerprint density at radius 3 is 2.60 bits per heavy atom. The maximum absolute atomic E-state index is 12.0. The number of rotatable bonds is 8. The lowest BCUT2D eigenvalue weighted by Crippen LogP contribution is -2.38. The number of hydrogen-bond acceptors (Lipinski definition) is 4. The van der Waals surface area contributed by atoms with Crippen molar-refractivity contribution in [3.63, 3.8) is 0 Å². The molecule has 8 nitrogen and oxygen atoms in total. The van der Waals surface area contributed by atoms with Gasteiger partial charge in [0.25, 0.3) is 5.91 Å². The minimum absolute atomic E-state index is 0.0345. The number of carbonyl (C=O) groups excluding carboxylic acids is 1. The first-order valence-corrected chi connectivity index (χ1v) is 9.77. The topological polar surface area (TPSA) is 117 Å². The molecule has 140 valence electrons. The molecule has 0 heterocycles. The number of benzene rings is 1. The summed E-state index contributed by atoms with van der Waals surface area (Å²) in [6, 6.07) is 7.48. The van der Waals surface area contributed by atoms with E-state index in [4.69, 9.17) is 5.14 Å². The third-order valence-electron chi connectivity index (χ3n) is 3.28. The standard InChI is InChI=1S/C16H27N5O3S/c1-4-18-16(20-10-11-25(17,23)24)19-9-8-13-6-5-7-14(12-13)15(22)21(2)3/h5-7,12H,4,8-11H2,1-3H3,(H2,17,23,24)(H2,18,19,20). The highest BCUT2D eigenvalue weighted by Gasteiger charge is 2.08. The molecule has 1 amide bonds. The summed E-state index contributed by atoms with van der Waals surface area (Å²) >= 11 is 0. The van der Waals surface area contributed by atoms with E-state index in [9.17, 15) is 13.2 Å². The summed E-state index contributed by atoms with van der Waals surface area (Å²) in [6.07, 6.45) is 0.703. The van der Waals surface area contributed by atoms with Crippen LogP contribution in [0.5, 0.6) is 0 Å². The molecule has 0 saturated carbocycles. The van der Waals surface area contributed by atoms with Crippen LogP contribution in [0, 0.1) is 0 Å². The first-order chi connectivity index (χ1) is 11.7. The summed E-state index contributed by atoms with van der Waals surface area (Å²) in [4.78, 5) is 17.7. The molecule has 0 atom stereocenters. The van der Waals surface area contributed by atoms with E-state index >= 15 is 0 Å². The van der Waals surface area contributed by atoms with Gasteiger partial charge in [-0.3, -0.25) is 9.79 Å². The quantitative estimate of drug-likeness (QED) is 0.432. The number of nitrogens with two attached hydrogens (primary N) is 1. The van der Waals surface area contributed by atoms with Crippen molar-refractivity contribution >= 4 is 21.9 Å². The molecule has 25 heavy (non-hydrogen) atoms. The number of nitrogens with one attached hydrogen (secondary N) is 2. The summed E-state index contributed by atoms with van der Waals surface area (Å²) in [5.41, 5.74) is 1.68. The van der Waals surface area contributed by atoms with Crippen molar-refractivity contribution in [3.05, 3.63) is 35.4 Å². The van der Waals surface area contributed by atoms with Crippen molar-refractivity contribution in [3.8, 4) is 0 Å². The van der Waals surface area contributed by atoms with Gasteiger partial charge in [-0.25, -0.2) is 13.6 Å². The summed E-state index contributed by atoms with van der Waals surface area (Å²) in [5, 5.41) is 11.1. The Balaban J connectivity index is 2.59. The SMILES string of the molecule is CCNC(=NCCS(N)(=O)=O)NCCc1cccc(C(=O)N(C)C)c1. The van der Waals surface area contributed by atoms with Gasteiger partial charge in [-0.1, -0.05) is 12.1 Å². The maximum Gasteiger partial charge on any atom is 0.253 e. The van der Waals surface area contributed by atoms with Crippen molar-refractivity contribution in [2.24, 2.45) is 10.1 Å². The monoisotopic (exact) mass is 369 g/mol. The zero-order valence-electron chi connectivity index (χ0n) is 14.9. The summed E-state index contributed by atoms with van der Waals surface area (Å²) in [7, 11) is -0.0778. The average Bonchev–Trinajstić information content (AvgIpc) is 2.53. The van der Waals surface area contributed by atoms with Crippen LogP contribution in [0.15, 0.2) is 29.3 Å². The van der Waals surface area contributed by atoms with Gasteiger partial charge in [-0.2, -0.15) is 0 Å². The van der Waals surface area contributed by atoms with Crippen molar-refractivity contribution in [2.75, 3.05) is 39.5 Å². The second-order valence-corrected chi connectivity index (χ2v) is 7.44. The molecule has 0 aliphatic heterocycles. The number of primary sulfonamides is 1. The average molecular weight is 369 g/mol. The molecule has 0 fully saturated rings. The molecule has 0 saturated heterocycles. The molecule has 4 N–H and O–H groups in total. The van der Waals surface area contributed by atoms with Crippen LogP contribution in [0.3, 0.4) is 0 Å². The summed E-state index contributed by atoms with van der Waals surface area (Å²) in [6.45, 7) is 3.28. The number of aliphatic imine (C=N–C) groups is 1. The van der Waals surface area contributed by atoms with Gasteiger partial charge in [0, 0.05) is 32.7 Å². The third-order valence-corrected chi connectivity index (χ3v) is 4.03. The molecule has 1 rings (SSSR count). The fourth-order valence-electron chi connectivity index (χ4n) is 2.07. The minimum atomic E-state index is -3.52. The van der Waals surface area contributed by atoms with Gasteiger partial charge >= 0.3 is 0 Å². The molecule has 0 aromatic heterocycles.